The standard InChI is InChI=1S/C4H8O2.O3S/c1-2-4-6-5-3-1;1-4(2)3/h1-4H2;. The zero-order chi connectivity index (χ0) is 7.82. The molecular formula is C4H8O5S. The lowest BCUT2D eigenvalue weighted by molar-refractivity contribution is -0.312. The molecule has 0 amide bonds. The van der Waals surface area contributed by atoms with E-state index in [-0.39, 0.29) is 0 Å². The second-order valence-electron chi connectivity index (χ2n) is 1.56. The molecule has 1 rings (SSSR count). The molecule has 0 atom stereocenters. The lowest BCUT2D eigenvalue weighted by Gasteiger charge is -2.07. The quantitative estimate of drug-likeness (QED) is 0.465. The van der Waals surface area contributed by atoms with Gasteiger partial charge in [-0.1, -0.05) is 0 Å². The fraction of sp³-hybridized carbons (Fsp3) is 1.00. The monoisotopic (exact) mass is 168 g/mol. The smallest absolute Gasteiger partial charge is 0.237 e. The highest BCUT2D eigenvalue weighted by atomic mass is 32.2. The summed E-state index contributed by atoms with van der Waals surface area (Å²) in [5.41, 5.74) is 0. The summed E-state index contributed by atoms with van der Waals surface area (Å²) >= 11 is 0. The summed E-state index contributed by atoms with van der Waals surface area (Å²) in [4.78, 5) is 9.14. The second kappa shape index (κ2) is 6.66. The van der Waals surface area contributed by atoms with E-state index >= 15 is 0 Å². The van der Waals surface area contributed by atoms with Crippen molar-refractivity contribution in [1.29, 1.82) is 0 Å². The van der Waals surface area contributed by atoms with Crippen molar-refractivity contribution in [2.24, 2.45) is 0 Å². The molecule has 5 nitrogen and oxygen atoms in total. The fourth-order valence-electron chi connectivity index (χ4n) is 0.440. The molecule has 1 fully saturated rings. The van der Waals surface area contributed by atoms with E-state index in [2.05, 4.69) is 9.78 Å². The van der Waals surface area contributed by atoms with Crippen LogP contribution in [-0.2, 0) is 20.4 Å². The van der Waals surface area contributed by atoms with Crippen LogP contribution in [0.4, 0.5) is 0 Å². The molecule has 10 heavy (non-hydrogen) atoms. The second-order valence-corrected chi connectivity index (χ2v) is 1.96. The Morgan fingerprint density at radius 2 is 1.20 bits per heavy atom. The Kier molecular flexibility index (Phi) is 6.35. The van der Waals surface area contributed by atoms with Gasteiger partial charge in [-0.2, -0.15) is 0 Å². The van der Waals surface area contributed by atoms with Crippen molar-refractivity contribution in [3.8, 4) is 0 Å². The summed E-state index contributed by atoms with van der Waals surface area (Å²) in [6.07, 6.45) is 2.31. The van der Waals surface area contributed by atoms with Gasteiger partial charge < -0.3 is 0 Å². The Morgan fingerprint density at radius 1 is 0.900 bits per heavy atom. The summed E-state index contributed by atoms with van der Waals surface area (Å²) in [5.74, 6) is 0. The van der Waals surface area contributed by atoms with Crippen molar-refractivity contribution in [3.63, 3.8) is 0 Å². The molecule has 0 radical (unpaired) electrons. The first-order valence-corrected chi connectivity index (χ1v) is 3.74. The van der Waals surface area contributed by atoms with Gasteiger partial charge >= 0.3 is 10.6 Å². The van der Waals surface area contributed by atoms with Crippen LogP contribution in [0.1, 0.15) is 12.8 Å². The molecule has 1 aliphatic heterocycles. The van der Waals surface area contributed by atoms with Gasteiger partial charge in [-0.3, -0.25) is 0 Å². The summed E-state index contributed by atoms with van der Waals surface area (Å²) in [6.45, 7) is 1.56. The van der Waals surface area contributed by atoms with Gasteiger partial charge in [0.15, 0.2) is 0 Å². The minimum absolute atomic E-state index is 0.778. The first-order valence-electron chi connectivity index (χ1n) is 2.74. The lowest BCUT2D eigenvalue weighted by atomic mass is 10.3. The van der Waals surface area contributed by atoms with E-state index in [1.165, 1.54) is 0 Å². The van der Waals surface area contributed by atoms with Crippen LogP contribution in [0.15, 0.2) is 0 Å². The van der Waals surface area contributed by atoms with Gasteiger partial charge in [0.2, 0.25) is 0 Å². The SMILES string of the molecule is C1CCOOC1.O=S(=O)=O. The molecule has 0 aromatic heterocycles. The molecule has 60 valence electrons. The Labute approximate surface area is 59.9 Å². The molecule has 1 heterocycles. The number of hydrogen-bond acceptors (Lipinski definition) is 5. The van der Waals surface area contributed by atoms with Gasteiger partial charge in [-0.05, 0) is 12.8 Å². The highest BCUT2D eigenvalue weighted by molar-refractivity contribution is 7.59. The third-order valence-electron chi connectivity index (χ3n) is 0.789. The summed E-state index contributed by atoms with van der Waals surface area (Å²) in [5, 5.41) is 0. The molecule has 0 bridgehead atoms. The summed E-state index contributed by atoms with van der Waals surface area (Å²) in [6, 6.07) is 0. The van der Waals surface area contributed by atoms with Crippen molar-refractivity contribution < 1.29 is 22.4 Å². The molecule has 0 N–H and O–H groups in total. The molecule has 1 saturated heterocycles. The van der Waals surface area contributed by atoms with Crippen LogP contribution in [0.2, 0.25) is 0 Å². The molecule has 6 heteroatoms. The van der Waals surface area contributed by atoms with Gasteiger partial charge in [0, 0.05) is 0 Å². The molecule has 0 unspecified atom stereocenters. The van der Waals surface area contributed by atoms with Crippen LogP contribution in [0.3, 0.4) is 0 Å². The van der Waals surface area contributed by atoms with Crippen LogP contribution < -0.4 is 0 Å². The molecule has 0 spiro atoms. The summed E-state index contributed by atoms with van der Waals surface area (Å²) < 4.78 is 25.3. The topological polar surface area (TPSA) is 69.7 Å². The zero-order valence-electron chi connectivity index (χ0n) is 5.28. The van der Waals surface area contributed by atoms with Gasteiger partial charge in [0.25, 0.3) is 0 Å². The van der Waals surface area contributed by atoms with E-state index in [1.54, 1.807) is 0 Å². The fourth-order valence-corrected chi connectivity index (χ4v) is 0.440. The Balaban J connectivity index is 0.000000180. The first kappa shape index (κ1) is 9.54. The van der Waals surface area contributed by atoms with Crippen LogP contribution >= 0.6 is 0 Å². The van der Waals surface area contributed by atoms with Crippen molar-refractivity contribution in [2.45, 2.75) is 12.8 Å². The van der Waals surface area contributed by atoms with Gasteiger partial charge in [0.1, 0.15) is 0 Å². The predicted octanol–water partition coefficient (Wildman–Crippen LogP) is -0.276. The van der Waals surface area contributed by atoms with Gasteiger partial charge in [0.05, 0.1) is 13.2 Å². The average molecular weight is 168 g/mol. The highest BCUT2D eigenvalue weighted by Crippen LogP contribution is 1.97. The molecule has 0 saturated carbocycles. The Morgan fingerprint density at radius 3 is 1.30 bits per heavy atom. The minimum atomic E-state index is -3.11. The maximum absolute atomic E-state index is 8.44. The minimum Gasteiger partial charge on any atom is -0.237 e. The lowest BCUT2D eigenvalue weighted by Crippen LogP contribution is -2.05. The molecule has 0 aromatic rings. The van der Waals surface area contributed by atoms with E-state index in [9.17, 15) is 0 Å². The van der Waals surface area contributed by atoms with E-state index in [0.717, 1.165) is 26.1 Å². The van der Waals surface area contributed by atoms with Crippen molar-refractivity contribution >= 4 is 10.6 Å². The maximum Gasteiger partial charge on any atom is 0.425 e. The van der Waals surface area contributed by atoms with Crippen molar-refractivity contribution in [3.05, 3.63) is 0 Å². The van der Waals surface area contributed by atoms with E-state index in [4.69, 9.17) is 12.6 Å². The van der Waals surface area contributed by atoms with E-state index in [1.807, 2.05) is 0 Å². The van der Waals surface area contributed by atoms with E-state index in [0.29, 0.717) is 0 Å². The number of rotatable bonds is 0. The first-order chi connectivity index (χ1) is 4.73. The zero-order valence-corrected chi connectivity index (χ0v) is 6.09. The Bertz CT molecular complexity index is 135. The van der Waals surface area contributed by atoms with Crippen molar-refractivity contribution in [1.82, 2.24) is 0 Å². The molecule has 0 aliphatic carbocycles. The van der Waals surface area contributed by atoms with Crippen LogP contribution in [0.5, 0.6) is 0 Å². The summed E-state index contributed by atoms with van der Waals surface area (Å²) in [7, 11) is -3.11. The molecule has 1 aliphatic rings. The van der Waals surface area contributed by atoms with Crippen molar-refractivity contribution in [2.75, 3.05) is 13.2 Å². The van der Waals surface area contributed by atoms with E-state index < -0.39 is 10.6 Å². The van der Waals surface area contributed by atoms with Crippen LogP contribution in [-0.4, -0.2) is 25.8 Å². The van der Waals surface area contributed by atoms with Gasteiger partial charge in [-0.15, -0.1) is 12.6 Å². The number of hydrogen-bond donors (Lipinski definition) is 0. The third kappa shape index (κ3) is 10.5. The highest BCUT2D eigenvalue weighted by Gasteiger charge is 1.95. The maximum atomic E-state index is 8.44. The predicted molar refractivity (Wildman–Crippen MR) is 30.8 cm³/mol. The Hall–Kier alpha value is -0.460. The largest absolute Gasteiger partial charge is 0.425 e. The third-order valence-corrected chi connectivity index (χ3v) is 0.789. The average Bonchev–Trinajstić information content (AvgIpc) is 1.90. The van der Waals surface area contributed by atoms with Gasteiger partial charge in [-0.25, -0.2) is 9.78 Å². The van der Waals surface area contributed by atoms with Crippen LogP contribution in [0, 0.1) is 0 Å². The normalized spacial score (nSPS) is 16.8. The molecular weight excluding hydrogens is 160 g/mol. The van der Waals surface area contributed by atoms with Crippen LogP contribution in [0.25, 0.3) is 0 Å². The molecule has 0 aromatic carbocycles.